The van der Waals surface area contributed by atoms with E-state index in [1.807, 2.05) is 69.2 Å². The third-order valence-electron chi connectivity index (χ3n) is 10.4. The maximum atomic E-state index is 2.37. The van der Waals surface area contributed by atoms with Crippen LogP contribution in [0.1, 0.15) is 76.7 Å². The van der Waals surface area contributed by atoms with E-state index in [2.05, 4.69) is 194 Å². The third-order valence-corrected chi connectivity index (χ3v) is 10.4. The molecule has 61 heavy (non-hydrogen) atoms. The first-order valence-electron chi connectivity index (χ1n) is 22.4. The molecule has 10 rings (SSSR count). The lowest BCUT2D eigenvalue weighted by atomic mass is 9.85. The summed E-state index contributed by atoms with van der Waals surface area (Å²) in [6, 6.07) is 71.3. The van der Waals surface area contributed by atoms with E-state index < -0.39 is 0 Å². The van der Waals surface area contributed by atoms with Crippen molar-refractivity contribution in [2.24, 2.45) is 0 Å². The summed E-state index contributed by atoms with van der Waals surface area (Å²) in [5.74, 6) is 0. The average Bonchev–Trinajstić information content (AvgIpc) is 3.36. The summed E-state index contributed by atoms with van der Waals surface area (Å²) in [5.41, 5.74) is 9.99. The van der Waals surface area contributed by atoms with E-state index in [0.29, 0.717) is 0 Å². The molecule has 0 aliphatic carbocycles. The number of rotatable bonds is 4. The second-order valence-electron chi connectivity index (χ2n) is 13.2. The monoisotopic (exact) mass is 799 g/mol. The van der Waals surface area contributed by atoms with Crippen molar-refractivity contribution in [1.29, 1.82) is 0 Å². The minimum atomic E-state index is 0. The van der Waals surface area contributed by atoms with Crippen LogP contribution < -0.4 is 0 Å². The van der Waals surface area contributed by atoms with Crippen molar-refractivity contribution in [2.75, 3.05) is 0 Å². The fourth-order valence-corrected chi connectivity index (χ4v) is 8.18. The van der Waals surface area contributed by atoms with Crippen LogP contribution in [-0.2, 0) is 0 Å². The van der Waals surface area contributed by atoms with Gasteiger partial charge in [-0.3, -0.25) is 0 Å². The van der Waals surface area contributed by atoms with E-state index in [1.54, 1.807) is 0 Å². The Morgan fingerprint density at radius 3 is 1.15 bits per heavy atom. The highest BCUT2D eigenvalue weighted by molar-refractivity contribution is 6.22. The number of benzene rings is 10. The summed E-state index contributed by atoms with van der Waals surface area (Å²) in [4.78, 5) is 0. The average molecular weight is 799 g/mol. The van der Waals surface area contributed by atoms with Gasteiger partial charge in [-0.1, -0.05) is 259 Å². The maximum absolute atomic E-state index is 2.37. The Balaban J connectivity index is 0.000000697. The Bertz CT molecular complexity index is 2850. The van der Waals surface area contributed by atoms with Gasteiger partial charge in [-0.2, -0.15) is 0 Å². The van der Waals surface area contributed by atoms with Crippen molar-refractivity contribution in [2.45, 2.75) is 76.7 Å². The maximum Gasteiger partial charge on any atom is -0.00262 e. The second kappa shape index (κ2) is 23.3. The first-order valence-corrected chi connectivity index (χ1v) is 22.4. The van der Waals surface area contributed by atoms with Crippen LogP contribution in [0.4, 0.5) is 0 Å². The van der Waals surface area contributed by atoms with Gasteiger partial charge in [-0.15, -0.1) is 0 Å². The highest BCUT2D eigenvalue weighted by Crippen LogP contribution is 2.45. The fourth-order valence-electron chi connectivity index (χ4n) is 8.18. The topological polar surface area (TPSA) is 0 Å². The summed E-state index contributed by atoms with van der Waals surface area (Å²) in [6.45, 7) is 20.0. The van der Waals surface area contributed by atoms with E-state index in [9.17, 15) is 0 Å². The van der Waals surface area contributed by atoms with Crippen molar-refractivity contribution in [3.05, 3.63) is 194 Å². The van der Waals surface area contributed by atoms with E-state index in [-0.39, 0.29) is 7.43 Å². The lowest BCUT2D eigenvalue weighted by Crippen LogP contribution is -1.91. The Hall–Kier alpha value is -6.50. The Kier molecular flexibility index (Phi) is 18.0. The predicted octanol–water partition coefficient (Wildman–Crippen LogP) is 19.9. The first kappa shape index (κ1) is 47.2. The van der Waals surface area contributed by atoms with Crippen LogP contribution in [0.2, 0.25) is 0 Å². The van der Waals surface area contributed by atoms with Crippen molar-refractivity contribution in [3.63, 3.8) is 0 Å². The van der Waals surface area contributed by atoms with Gasteiger partial charge in [0.05, 0.1) is 0 Å². The zero-order valence-corrected chi connectivity index (χ0v) is 37.5. The molecule has 0 N–H and O–H groups in total. The number of fused-ring (bicyclic) bond motifs is 6. The molecule has 10 aromatic carbocycles. The highest BCUT2D eigenvalue weighted by Gasteiger charge is 2.18. The number of hydrogen-bond donors (Lipinski definition) is 0. The van der Waals surface area contributed by atoms with Gasteiger partial charge >= 0.3 is 0 Å². The van der Waals surface area contributed by atoms with Crippen molar-refractivity contribution in [1.82, 2.24) is 0 Å². The molecule has 10 aromatic rings. The molecular formula is C61H66. The van der Waals surface area contributed by atoms with E-state index in [1.165, 1.54) is 98.4 Å². The molecular weight excluding hydrogens is 733 g/mol. The zero-order chi connectivity index (χ0) is 43.0. The molecule has 0 aliphatic rings. The Morgan fingerprint density at radius 2 is 0.590 bits per heavy atom. The second-order valence-corrected chi connectivity index (χ2v) is 13.2. The normalized spacial score (nSPS) is 10.0. The standard InChI is InChI=1S/C50H32.5C2H6.CH4/c1-3-18-39-33(13-1)15-12-26-40(39)36-16-11-17-38(31-36)50-46-24-9-7-22-44(46)49(45-23-8-10-25-47(45)50)35-29-27-34(28-30-35)48-32-37-14-2-4-19-41(37)42-20-5-6-21-43(42)48;5*1-2;/h1-32H;5*1-2H3;1H4. The SMILES string of the molecule is C.CC.CC.CC.CC.CC.c1cc(-c2cccc3ccccc23)cc(-c2c3ccccc3c(-c3ccc(-c4cc5ccccc5c5ccccc45)cc3)c3ccccc23)c1. The molecule has 310 valence electrons. The molecule has 0 heterocycles. The van der Waals surface area contributed by atoms with Gasteiger partial charge in [0, 0.05) is 0 Å². The van der Waals surface area contributed by atoms with Crippen LogP contribution in [0.25, 0.3) is 98.4 Å². The van der Waals surface area contributed by atoms with Crippen LogP contribution in [-0.4, -0.2) is 0 Å². The predicted molar refractivity (Wildman–Crippen MR) is 279 cm³/mol. The minimum absolute atomic E-state index is 0. The van der Waals surface area contributed by atoms with Gasteiger partial charge in [0.2, 0.25) is 0 Å². The summed E-state index contributed by atoms with van der Waals surface area (Å²) in [6.07, 6.45) is 0. The molecule has 0 aromatic heterocycles. The molecule has 0 fully saturated rings. The molecule has 0 nitrogen and oxygen atoms in total. The first-order chi connectivity index (χ1) is 29.8. The lowest BCUT2D eigenvalue weighted by molar-refractivity contribution is 1.50. The van der Waals surface area contributed by atoms with Crippen molar-refractivity contribution < 1.29 is 0 Å². The highest BCUT2D eigenvalue weighted by atomic mass is 14.2. The summed E-state index contributed by atoms with van der Waals surface area (Å²) in [7, 11) is 0. The number of hydrogen-bond acceptors (Lipinski definition) is 0. The largest absolute Gasteiger partial charge is 0.0776 e. The zero-order valence-electron chi connectivity index (χ0n) is 37.5. The fraction of sp³-hybridized carbons (Fsp3) is 0.180. The molecule has 0 unspecified atom stereocenters. The van der Waals surface area contributed by atoms with Gasteiger partial charge < -0.3 is 0 Å². The van der Waals surface area contributed by atoms with Crippen LogP contribution in [0.5, 0.6) is 0 Å². The summed E-state index contributed by atoms with van der Waals surface area (Å²) >= 11 is 0. The Labute approximate surface area is 367 Å². The van der Waals surface area contributed by atoms with Crippen LogP contribution in [0, 0.1) is 0 Å². The van der Waals surface area contributed by atoms with E-state index >= 15 is 0 Å². The van der Waals surface area contributed by atoms with Crippen molar-refractivity contribution in [3.8, 4) is 44.5 Å². The van der Waals surface area contributed by atoms with E-state index in [0.717, 1.165) is 0 Å². The Morgan fingerprint density at radius 1 is 0.213 bits per heavy atom. The molecule has 0 atom stereocenters. The molecule has 0 saturated heterocycles. The van der Waals surface area contributed by atoms with E-state index in [4.69, 9.17) is 0 Å². The molecule has 0 aliphatic heterocycles. The molecule has 0 amide bonds. The van der Waals surface area contributed by atoms with Crippen molar-refractivity contribution >= 4 is 53.9 Å². The molecule has 0 radical (unpaired) electrons. The quantitative estimate of drug-likeness (QED) is 0.123. The van der Waals surface area contributed by atoms with Crippen LogP contribution in [0.3, 0.4) is 0 Å². The van der Waals surface area contributed by atoms with Gasteiger partial charge in [0.15, 0.2) is 0 Å². The van der Waals surface area contributed by atoms with Gasteiger partial charge in [0.25, 0.3) is 0 Å². The summed E-state index contributed by atoms with van der Waals surface area (Å²) in [5, 5.41) is 12.7. The summed E-state index contributed by atoms with van der Waals surface area (Å²) < 4.78 is 0. The minimum Gasteiger partial charge on any atom is -0.0776 e. The lowest BCUT2D eigenvalue weighted by Gasteiger charge is -2.19. The molecule has 0 bridgehead atoms. The molecule has 0 spiro atoms. The van der Waals surface area contributed by atoms with Crippen LogP contribution >= 0.6 is 0 Å². The van der Waals surface area contributed by atoms with Gasteiger partial charge in [0.1, 0.15) is 0 Å². The smallest absolute Gasteiger partial charge is 0.00262 e. The van der Waals surface area contributed by atoms with Crippen LogP contribution in [0.15, 0.2) is 194 Å². The third kappa shape index (κ3) is 9.46. The van der Waals surface area contributed by atoms with Gasteiger partial charge in [-0.25, -0.2) is 0 Å². The molecule has 0 saturated carbocycles. The van der Waals surface area contributed by atoms with Gasteiger partial charge in [-0.05, 0) is 111 Å². The molecule has 0 heteroatoms.